The van der Waals surface area contributed by atoms with E-state index in [1.54, 1.807) is 37.3 Å². The van der Waals surface area contributed by atoms with Crippen LogP contribution in [0.1, 0.15) is 57.1 Å². The molecule has 6 nitrogen and oxygen atoms in total. The molecule has 2 amide bonds. The smallest absolute Gasteiger partial charge is 0.229 e. The van der Waals surface area contributed by atoms with Gasteiger partial charge in [-0.25, -0.2) is 0 Å². The van der Waals surface area contributed by atoms with E-state index in [9.17, 15) is 9.59 Å². The van der Waals surface area contributed by atoms with Crippen molar-refractivity contribution >= 4 is 23.2 Å². The first-order chi connectivity index (χ1) is 14.7. The van der Waals surface area contributed by atoms with Crippen LogP contribution in [-0.2, 0) is 9.59 Å². The Labute approximate surface area is 184 Å². The number of methoxy groups -OCH3 is 2. The van der Waals surface area contributed by atoms with Gasteiger partial charge in [-0.2, -0.15) is 0 Å². The Morgan fingerprint density at radius 2 is 1.71 bits per heavy atom. The van der Waals surface area contributed by atoms with Crippen molar-refractivity contribution in [3.05, 3.63) is 47.5 Å². The summed E-state index contributed by atoms with van der Waals surface area (Å²) in [6.07, 6.45) is 0.182. The molecule has 1 fully saturated rings. The zero-order valence-corrected chi connectivity index (χ0v) is 19.2. The Hall–Kier alpha value is -3.02. The van der Waals surface area contributed by atoms with Gasteiger partial charge in [-0.15, -0.1) is 0 Å². The number of nitrogens with one attached hydrogen (secondary N) is 1. The number of anilines is 2. The molecule has 1 heterocycles. The SMILES string of the molecule is COc1ccc(N2CC(C(=O)Nc3ccc(C(C)C)cc3C(C)C)CC2=O)cc1OC. The first-order valence-corrected chi connectivity index (χ1v) is 10.7. The molecule has 6 heteroatoms. The van der Waals surface area contributed by atoms with Crippen LogP contribution in [-0.4, -0.2) is 32.6 Å². The minimum atomic E-state index is -0.412. The third-order valence-electron chi connectivity index (χ3n) is 5.80. The molecule has 0 saturated carbocycles. The molecule has 3 rings (SSSR count). The number of nitrogens with zero attached hydrogens (tertiary/aromatic N) is 1. The van der Waals surface area contributed by atoms with Crippen molar-refractivity contribution < 1.29 is 19.1 Å². The Morgan fingerprint density at radius 1 is 1.00 bits per heavy atom. The second kappa shape index (κ2) is 9.41. The maximum Gasteiger partial charge on any atom is 0.229 e. The zero-order valence-electron chi connectivity index (χ0n) is 19.2. The molecule has 1 aliphatic heterocycles. The van der Waals surface area contributed by atoms with Gasteiger partial charge in [-0.05, 0) is 41.2 Å². The fourth-order valence-electron chi connectivity index (χ4n) is 3.89. The number of rotatable bonds is 7. The van der Waals surface area contributed by atoms with Crippen LogP contribution in [0.4, 0.5) is 11.4 Å². The van der Waals surface area contributed by atoms with Crippen LogP contribution in [0.2, 0.25) is 0 Å². The maximum absolute atomic E-state index is 13.0. The van der Waals surface area contributed by atoms with Crippen molar-refractivity contribution in [2.75, 3.05) is 31.0 Å². The van der Waals surface area contributed by atoms with Crippen molar-refractivity contribution in [3.63, 3.8) is 0 Å². The summed E-state index contributed by atoms with van der Waals surface area (Å²) in [6, 6.07) is 11.5. The van der Waals surface area contributed by atoms with E-state index in [-0.39, 0.29) is 24.2 Å². The summed E-state index contributed by atoms with van der Waals surface area (Å²) in [5, 5.41) is 3.07. The van der Waals surface area contributed by atoms with Crippen LogP contribution in [0.25, 0.3) is 0 Å². The molecule has 1 N–H and O–H groups in total. The molecule has 0 aromatic heterocycles. The lowest BCUT2D eigenvalue weighted by atomic mass is 9.94. The van der Waals surface area contributed by atoms with Crippen molar-refractivity contribution in [2.45, 2.75) is 46.0 Å². The molecule has 0 radical (unpaired) electrons. The number of carbonyl (C=O) groups is 2. The molecule has 1 atom stereocenters. The van der Waals surface area contributed by atoms with Crippen LogP contribution in [0.5, 0.6) is 11.5 Å². The predicted molar refractivity (Wildman–Crippen MR) is 123 cm³/mol. The summed E-state index contributed by atoms with van der Waals surface area (Å²) < 4.78 is 10.6. The van der Waals surface area contributed by atoms with Crippen LogP contribution in [0, 0.1) is 5.92 Å². The van der Waals surface area contributed by atoms with E-state index in [0.717, 1.165) is 11.3 Å². The number of hydrogen-bond acceptors (Lipinski definition) is 4. The van der Waals surface area contributed by atoms with Gasteiger partial charge in [0, 0.05) is 30.4 Å². The number of benzene rings is 2. The van der Waals surface area contributed by atoms with Gasteiger partial charge in [0.2, 0.25) is 11.8 Å². The molecule has 31 heavy (non-hydrogen) atoms. The van der Waals surface area contributed by atoms with Gasteiger partial charge in [0.25, 0.3) is 0 Å². The summed E-state index contributed by atoms with van der Waals surface area (Å²) in [5.41, 5.74) is 3.88. The van der Waals surface area contributed by atoms with E-state index >= 15 is 0 Å². The van der Waals surface area contributed by atoms with Crippen molar-refractivity contribution in [1.29, 1.82) is 0 Å². The molecular formula is C25H32N2O4. The molecular weight excluding hydrogens is 392 g/mol. The largest absolute Gasteiger partial charge is 0.493 e. The van der Waals surface area contributed by atoms with Crippen molar-refractivity contribution in [2.24, 2.45) is 5.92 Å². The molecule has 1 unspecified atom stereocenters. The third kappa shape index (κ3) is 4.84. The number of ether oxygens (including phenoxy) is 2. The molecule has 1 aliphatic rings. The van der Waals surface area contributed by atoms with Gasteiger partial charge in [-0.3, -0.25) is 9.59 Å². The average molecular weight is 425 g/mol. The van der Waals surface area contributed by atoms with E-state index in [0.29, 0.717) is 29.6 Å². The van der Waals surface area contributed by atoms with E-state index < -0.39 is 5.92 Å². The summed E-state index contributed by atoms with van der Waals surface area (Å²) in [4.78, 5) is 27.3. The summed E-state index contributed by atoms with van der Waals surface area (Å²) in [6.45, 7) is 8.89. The molecule has 0 bridgehead atoms. The highest BCUT2D eigenvalue weighted by Crippen LogP contribution is 2.35. The standard InChI is InChI=1S/C25H32N2O4/c1-15(2)17-7-9-21(20(11-17)16(3)4)26-25(29)18-12-24(28)27(14-18)19-8-10-22(30-5)23(13-19)31-6/h7-11,13,15-16,18H,12,14H2,1-6H3,(H,26,29). The normalized spacial score (nSPS) is 16.2. The van der Waals surface area contributed by atoms with Crippen LogP contribution < -0.4 is 19.7 Å². The summed E-state index contributed by atoms with van der Waals surface area (Å²) in [5.74, 6) is 1.23. The number of hydrogen-bond donors (Lipinski definition) is 1. The van der Waals surface area contributed by atoms with Crippen LogP contribution in [0.15, 0.2) is 36.4 Å². The topological polar surface area (TPSA) is 67.9 Å². The summed E-state index contributed by atoms with van der Waals surface area (Å²) in [7, 11) is 3.12. The number of amides is 2. The molecule has 2 aromatic rings. The first kappa shape index (κ1) is 22.7. The zero-order chi connectivity index (χ0) is 22.7. The van der Waals surface area contributed by atoms with Gasteiger partial charge in [0.05, 0.1) is 20.1 Å². The van der Waals surface area contributed by atoms with Gasteiger partial charge in [0.1, 0.15) is 0 Å². The molecule has 2 aromatic carbocycles. The van der Waals surface area contributed by atoms with Gasteiger partial charge >= 0.3 is 0 Å². The molecule has 1 saturated heterocycles. The highest BCUT2D eigenvalue weighted by Gasteiger charge is 2.35. The predicted octanol–water partition coefficient (Wildman–Crippen LogP) is 4.94. The fourth-order valence-corrected chi connectivity index (χ4v) is 3.89. The maximum atomic E-state index is 13.0. The second-order valence-corrected chi connectivity index (χ2v) is 8.59. The van der Waals surface area contributed by atoms with Crippen LogP contribution in [0.3, 0.4) is 0 Å². The van der Waals surface area contributed by atoms with Gasteiger partial charge in [0.15, 0.2) is 11.5 Å². The molecule has 0 aliphatic carbocycles. The minimum absolute atomic E-state index is 0.0772. The van der Waals surface area contributed by atoms with Crippen molar-refractivity contribution in [1.82, 2.24) is 0 Å². The molecule has 166 valence electrons. The highest BCUT2D eigenvalue weighted by molar-refractivity contribution is 6.03. The van der Waals surface area contributed by atoms with E-state index in [4.69, 9.17) is 9.47 Å². The van der Waals surface area contributed by atoms with E-state index in [2.05, 4.69) is 45.1 Å². The lowest BCUT2D eigenvalue weighted by molar-refractivity contribution is -0.122. The van der Waals surface area contributed by atoms with Gasteiger partial charge in [-0.1, -0.05) is 39.8 Å². The van der Waals surface area contributed by atoms with Crippen molar-refractivity contribution in [3.8, 4) is 11.5 Å². The quantitative estimate of drug-likeness (QED) is 0.683. The van der Waals surface area contributed by atoms with Crippen LogP contribution >= 0.6 is 0 Å². The Morgan fingerprint density at radius 3 is 2.32 bits per heavy atom. The summed E-state index contributed by atoms with van der Waals surface area (Å²) >= 11 is 0. The fraction of sp³-hybridized carbons (Fsp3) is 0.440. The van der Waals surface area contributed by atoms with E-state index in [1.165, 1.54) is 5.56 Å². The Balaban J connectivity index is 1.77. The third-order valence-corrected chi connectivity index (χ3v) is 5.80. The van der Waals surface area contributed by atoms with E-state index in [1.807, 2.05) is 6.07 Å². The highest BCUT2D eigenvalue weighted by atomic mass is 16.5. The lowest BCUT2D eigenvalue weighted by Gasteiger charge is -2.20. The minimum Gasteiger partial charge on any atom is -0.493 e. The van der Waals surface area contributed by atoms with Gasteiger partial charge < -0.3 is 19.7 Å². The number of carbonyl (C=O) groups excluding carboxylic acids is 2. The Bertz CT molecular complexity index is 968. The average Bonchev–Trinajstić information content (AvgIpc) is 3.14. The molecule has 0 spiro atoms. The monoisotopic (exact) mass is 424 g/mol. The first-order valence-electron chi connectivity index (χ1n) is 10.7. The lowest BCUT2D eigenvalue weighted by Crippen LogP contribution is -2.28. The Kier molecular flexibility index (Phi) is 6.88. The second-order valence-electron chi connectivity index (χ2n) is 8.59.